The summed E-state index contributed by atoms with van der Waals surface area (Å²) >= 11 is 3.37. The van der Waals surface area contributed by atoms with Crippen molar-refractivity contribution < 1.29 is 19.4 Å². The van der Waals surface area contributed by atoms with Crippen LogP contribution in [0.1, 0.15) is 24.5 Å². The van der Waals surface area contributed by atoms with Crippen LogP contribution in [0.4, 0.5) is 0 Å². The summed E-state index contributed by atoms with van der Waals surface area (Å²) in [5.41, 5.74) is 0.479. The Morgan fingerprint density at radius 1 is 1.56 bits per heavy atom. The maximum absolute atomic E-state index is 11.2. The third kappa shape index (κ3) is 3.23. The summed E-state index contributed by atoms with van der Waals surface area (Å²) in [6.07, 6.45) is 1.21. The molecular formula is C13H15BrO4. The van der Waals surface area contributed by atoms with Gasteiger partial charge in [-0.3, -0.25) is 0 Å². The van der Waals surface area contributed by atoms with E-state index in [2.05, 4.69) is 20.7 Å². The number of hydrogen-bond acceptors (Lipinski definition) is 4. The van der Waals surface area contributed by atoms with Crippen molar-refractivity contribution in [1.82, 2.24) is 0 Å². The highest BCUT2D eigenvalue weighted by Crippen LogP contribution is 2.33. The number of aliphatic hydroxyl groups is 1. The summed E-state index contributed by atoms with van der Waals surface area (Å²) in [6, 6.07) is 5.08. The maximum Gasteiger partial charge on any atom is 0.339 e. The van der Waals surface area contributed by atoms with Gasteiger partial charge in [0.15, 0.2) is 6.10 Å². The summed E-state index contributed by atoms with van der Waals surface area (Å²) < 4.78 is 10.9. The Hall–Kier alpha value is -1.07. The summed E-state index contributed by atoms with van der Waals surface area (Å²) in [6.45, 7) is 0.720. The largest absolute Gasteiger partial charge is 0.492 e. The number of methoxy groups -OCH3 is 1. The predicted octanol–water partition coefficient (Wildman–Crippen LogP) is 2.44. The Labute approximate surface area is 114 Å². The molecule has 0 saturated heterocycles. The minimum absolute atomic E-state index is 0.479. The summed E-state index contributed by atoms with van der Waals surface area (Å²) in [5.74, 6) is 0.730. The molecule has 2 rings (SSSR count). The first-order valence-corrected chi connectivity index (χ1v) is 6.59. The van der Waals surface area contributed by atoms with Gasteiger partial charge in [0.2, 0.25) is 0 Å². The van der Waals surface area contributed by atoms with Crippen molar-refractivity contribution in [3.8, 4) is 5.75 Å². The number of carbonyl (C=O) groups is 1. The quantitative estimate of drug-likeness (QED) is 0.848. The summed E-state index contributed by atoms with van der Waals surface area (Å²) in [7, 11) is 1.24. The first kappa shape index (κ1) is 13.4. The van der Waals surface area contributed by atoms with E-state index in [1.54, 1.807) is 18.2 Å². The van der Waals surface area contributed by atoms with Crippen LogP contribution in [0.2, 0.25) is 0 Å². The van der Waals surface area contributed by atoms with E-state index in [1.807, 2.05) is 0 Å². The van der Waals surface area contributed by atoms with Crippen LogP contribution >= 0.6 is 15.9 Å². The highest BCUT2D eigenvalue weighted by molar-refractivity contribution is 9.10. The van der Waals surface area contributed by atoms with Crippen LogP contribution in [-0.2, 0) is 9.53 Å². The highest BCUT2D eigenvalue weighted by Gasteiger charge is 2.23. The third-order valence-corrected chi connectivity index (χ3v) is 3.49. The van der Waals surface area contributed by atoms with Crippen molar-refractivity contribution >= 4 is 21.9 Å². The molecule has 0 heterocycles. The van der Waals surface area contributed by atoms with E-state index < -0.39 is 12.1 Å². The number of halogens is 1. The van der Waals surface area contributed by atoms with Crippen molar-refractivity contribution in [2.24, 2.45) is 5.92 Å². The number of hydrogen-bond donors (Lipinski definition) is 1. The van der Waals surface area contributed by atoms with Crippen LogP contribution < -0.4 is 4.74 Å². The standard InChI is InChI=1S/C13H15BrO4/c1-17-13(16)12(15)9-4-5-11(10(14)6-9)18-7-8-2-3-8/h4-6,8,12,15H,2-3,7H2,1H3. The Balaban J connectivity index is 2.05. The van der Waals surface area contributed by atoms with Crippen LogP contribution in [0, 0.1) is 5.92 Å². The molecule has 1 atom stereocenters. The molecule has 1 aromatic rings. The lowest BCUT2D eigenvalue weighted by molar-refractivity contribution is -0.150. The lowest BCUT2D eigenvalue weighted by Gasteiger charge is -2.12. The van der Waals surface area contributed by atoms with Gasteiger partial charge in [-0.05, 0) is 52.4 Å². The fraction of sp³-hybridized carbons (Fsp3) is 0.462. The average Bonchev–Trinajstić information content (AvgIpc) is 3.19. The van der Waals surface area contributed by atoms with Crippen LogP contribution in [0.5, 0.6) is 5.75 Å². The second-order valence-electron chi connectivity index (χ2n) is 4.37. The van der Waals surface area contributed by atoms with Gasteiger partial charge >= 0.3 is 5.97 Å². The van der Waals surface area contributed by atoms with E-state index in [-0.39, 0.29) is 0 Å². The van der Waals surface area contributed by atoms with E-state index in [0.717, 1.165) is 16.8 Å². The molecule has 0 aromatic heterocycles. The molecular weight excluding hydrogens is 300 g/mol. The maximum atomic E-state index is 11.2. The zero-order chi connectivity index (χ0) is 13.1. The van der Waals surface area contributed by atoms with Gasteiger partial charge in [0.05, 0.1) is 18.2 Å². The van der Waals surface area contributed by atoms with Gasteiger partial charge < -0.3 is 14.6 Å². The molecule has 1 unspecified atom stereocenters. The summed E-state index contributed by atoms with van der Waals surface area (Å²) in [5, 5.41) is 9.70. The molecule has 0 radical (unpaired) electrons. The SMILES string of the molecule is COC(=O)C(O)c1ccc(OCC2CC2)c(Br)c1. The van der Waals surface area contributed by atoms with E-state index >= 15 is 0 Å². The molecule has 0 bridgehead atoms. The molecule has 1 saturated carbocycles. The molecule has 0 amide bonds. The third-order valence-electron chi connectivity index (χ3n) is 2.87. The topological polar surface area (TPSA) is 55.8 Å². The smallest absolute Gasteiger partial charge is 0.339 e. The first-order valence-electron chi connectivity index (χ1n) is 5.80. The molecule has 1 aromatic carbocycles. The van der Waals surface area contributed by atoms with Crippen LogP contribution in [-0.4, -0.2) is 24.8 Å². The van der Waals surface area contributed by atoms with E-state index in [9.17, 15) is 9.90 Å². The molecule has 5 heteroatoms. The van der Waals surface area contributed by atoms with Crippen molar-refractivity contribution in [3.63, 3.8) is 0 Å². The number of benzene rings is 1. The Bertz CT molecular complexity index is 443. The van der Waals surface area contributed by atoms with Gasteiger partial charge in [0.25, 0.3) is 0 Å². The molecule has 4 nitrogen and oxygen atoms in total. The van der Waals surface area contributed by atoms with Crippen LogP contribution in [0.3, 0.4) is 0 Å². The Morgan fingerprint density at radius 2 is 2.28 bits per heavy atom. The molecule has 0 aliphatic heterocycles. The Morgan fingerprint density at radius 3 is 2.83 bits per heavy atom. The van der Waals surface area contributed by atoms with Gasteiger partial charge in [0.1, 0.15) is 5.75 Å². The van der Waals surface area contributed by atoms with E-state index in [4.69, 9.17) is 4.74 Å². The number of carbonyl (C=O) groups excluding carboxylic acids is 1. The Kier molecular flexibility index (Phi) is 4.24. The van der Waals surface area contributed by atoms with Crippen molar-refractivity contribution in [2.75, 3.05) is 13.7 Å². The average molecular weight is 315 g/mol. The number of esters is 1. The summed E-state index contributed by atoms with van der Waals surface area (Å²) in [4.78, 5) is 11.2. The molecule has 0 spiro atoms. The van der Waals surface area contributed by atoms with Gasteiger partial charge in [0, 0.05) is 0 Å². The highest BCUT2D eigenvalue weighted by atomic mass is 79.9. The fourth-order valence-electron chi connectivity index (χ4n) is 1.54. The van der Waals surface area contributed by atoms with Crippen LogP contribution in [0.15, 0.2) is 22.7 Å². The van der Waals surface area contributed by atoms with Crippen molar-refractivity contribution in [2.45, 2.75) is 18.9 Å². The monoisotopic (exact) mass is 314 g/mol. The molecule has 1 fully saturated rings. The molecule has 18 heavy (non-hydrogen) atoms. The minimum atomic E-state index is -1.26. The zero-order valence-electron chi connectivity index (χ0n) is 10.1. The molecule has 1 aliphatic rings. The normalized spacial score (nSPS) is 16.2. The second-order valence-corrected chi connectivity index (χ2v) is 5.22. The van der Waals surface area contributed by atoms with Gasteiger partial charge in [-0.15, -0.1) is 0 Å². The van der Waals surface area contributed by atoms with Crippen LogP contribution in [0.25, 0.3) is 0 Å². The van der Waals surface area contributed by atoms with Gasteiger partial charge in [-0.1, -0.05) is 6.07 Å². The van der Waals surface area contributed by atoms with Gasteiger partial charge in [-0.2, -0.15) is 0 Å². The predicted molar refractivity (Wildman–Crippen MR) is 69.3 cm³/mol. The first-order chi connectivity index (χ1) is 8.61. The van der Waals surface area contributed by atoms with Gasteiger partial charge in [-0.25, -0.2) is 4.79 Å². The lowest BCUT2D eigenvalue weighted by Crippen LogP contribution is -2.13. The van der Waals surface area contributed by atoms with E-state index in [1.165, 1.54) is 20.0 Å². The number of aliphatic hydroxyl groups excluding tert-OH is 1. The second kappa shape index (κ2) is 5.71. The molecule has 1 N–H and O–H groups in total. The molecule has 1 aliphatic carbocycles. The lowest BCUT2D eigenvalue weighted by atomic mass is 10.1. The number of rotatable bonds is 5. The molecule has 98 valence electrons. The van der Waals surface area contributed by atoms with Crippen molar-refractivity contribution in [3.05, 3.63) is 28.2 Å². The zero-order valence-corrected chi connectivity index (χ0v) is 11.6. The number of ether oxygens (including phenoxy) is 2. The fourth-order valence-corrected chi connectivity index (χ4v) is 2.06. The minimum Gasteiger partial charge on any atom is -0.492 e. The van der Waals surface area contributed by atoms with Crippen molar-refractivity contribution in [1.29, 1.82) is 0 Å². The van der Waals surface area contributed by atoms with E-state index in [0.29, 0.717) is 11.5 Å².